The van der Waals surface area contributed by atoms with Crippen LogP contribution in [0, 0.1) is 5.92 Å². The molecular formula is C29H45N3O10S. The van der Waals surface area contributed by atoms with E-state index in [1.54, 1.807) is 14.0 Å². The van der Waals surface area contributed by atoms with Crippen molar-refractivity contribution in [3.05, 3.63) is 11.6 Å². The Labute approximate surface area is 256 Å². The summed E-state index contributed by atoms with van der Waals surface area (Å²) in [6.45, 7) is 7.88. The first-order chi connectivity index (χ1) is 20.4. The van der Waals surface area contributed by atoms with E-state index in [4.69, 9.17) is 23.7 Å². The number of nitrogens with one attached hydrogen (secondary N) is 3. The molecule has 13 nitrogen and oxygen atoms in total. The first kappa shape index (κ1) is 35.0. The highest BCUT2D eigenvalue weighted by molar-refractivity contribution is 8.00. The SMILES string of the molecule is CCC(=O)COCC(=O)NC(CSCC(=O)NC(=O)N[C@@H]1CC[C@]2(CO2)[C@@H](C2(C)O[C@@H]2CC=C(C)C)[C@@H]1OC)C(=O)OC. The number of carbonyl (C=O) groups is 5. The van der Waals surface area contributed by atoms with Crippen molar-refractivity contribution < 1.29 is 47.7 Å². The van der Waals surface area contributed by atoms with Crippen LogP contribution in [0.5, 0.6) is 0 Å². The molecular weight excluding hydrogens is 582 g/mol. The molecule has 1 saturated carbocycles. The van der Waals surface area contributed by atoms with Gasteiger partial charge in [-0.1, -0.05) is 18.6 Å². The van der Waals surface area contributed by atoms with E-state index in [1.165, 1.54) is 12.7 Å². The molecule has 3 rings (SSSR count). The molecule has 0 bridgehead atoms. The summed E-state index contributed by atoms with van der Waals surface area (Å²) in [6.07, 6.45) is 4.26. The molecule has 7 atom stereocenters. The quantitative estimate of drug-likeness (QED) is 0.128. The average molecular weight is 628 g/mol. The molecule has 2 unspecified atom stereocenters. The van der Waals surface area contributed by atoms with Crippen LogP contribution in [0.15, 0.2) is 11.6 Å². The van der Waals surface area contributed by atoms with Gasteiger partial charge in [0.1, 0.15) is 24.9 Å². The lowest BCUT2D eigenvalue weighted by molar-refractivity contribution is -0.145. The van der Waals surface area contributed by atoms with Crippen molar-refractivity contribution in [1.29, 1.82) is 0 Å². The molecule has 0 radical (unpaired) electrons. The van der Waals surface area contributed by atoms with E-state index in [2.05, 4.69) is 29.0 Å². The summed E-state index contributed by atoms with van der Waals surface area (Å²) in [5, 5.41) is 7.70. The maximum atomic E-state index is 12.8. The van der Waals surface area contributed by atoms with Gasteiger partial charge in [0.2, 0.25) is 11.8 Å². The first-order valence-electron chi connectivity index (χ1n) is 14.5. The van der Waals surface area contributed by atoms with E-state index >= 15 is 0 Å². The molecule has 0 aromatic carbocycles. The lowest BCUT2D eigenvalue weighted by Gasteiger charge is -2.43. The van der Waals surface area contributed by atoms with Crippen LogP contribution in [0.25, 0.3) is 0 Å². The molecule has 2 heterocycles. The molecule has 3 N–H and O–H groups in total. The minimum Gasteiger partial charge on any atom is -0.467 e. The molecule has 242 valence electrons. The van der Waals surface area contributed by atoms with Crippen molar-refractivity contribution in [2.75, 3.05) is 45.5 Å². The highest BCUT2D eigenvalue weighted by Crippen LogP contribution is 2.59. The maximum absolute atomic E-state index is 12.8. The van der Waals surface area contributed by atoms with E-state index in [9.17, 15) is 24.0 Å². The summed E-state index contributed by atoms with van der Waals surface area (Å²) >= 11 is 1.04. The Bertz CT molecular complexity index is 1080. The fraction of sp³-hybridized carbons (Fsp3) is 0.759. The maximum Gasteiger partial charge on any atom is 0.329 e. The number of thioether (sulfide) groups is 1. The second-order valence-corrected chi connectivity index (χ2v) is 12.6. The van der Waals surface area contributed by atoms with Crippen molar-refractivity contribution in [1.82, 2.24) is 16.0 Å². The monoisotopic (exact) mass is 627 g/mol. The molecule has 43 heavy (non-hydrogen) atoms. The van der Waals surface area contributed by atoms with Crippen LogP contribution in [0.2, 0.25) is 0 Å². The van der Waals surface area contributed by atoms with Crippen LogP contribution in [-0.2, 0) is 42.9 Å². The topological polar surface area (TPSA) is 174 Å². The molecule has 0 aromatic heterocycles. The van der Waals surface area contributed by atoms with Crippen molar-refractivity contribution >= 4 is 41.4 Å². The predicted molar refractivity (Wildman–Crippen MR) is 157 cm³/mol. The van der Waals surface area contributed by atoms with Crippen LogP contribution in [0.1, 0.15) is 53.4 Å². The Morgan fingerprint density at radius 3 is 2.44 bits per heavy atom. The van der Waals surface area contributed by atoms with Gasteiger partial charge >= 0.3 is 12.0 Å². The summed E-state index contributed by atoms with van der Waals surface area (Å²) in [4.78, 5) is 60.8. The fourth-order valence-corrected chi connectivity index (χ4v) is 6.52. The second kappa shape index (κ2) is 15.5. The number of epoxide rings is 2. The van der Waals surface area contributed by atoms with Gasteiger partial charge in [-0.2, -0.15) is 0 Å². The normalized spacial score (nSPS) is 29.6. The van der Waals surface area contributed by atoms with Gasteiger partial charge in [-0.25, -0.2) is 9.59 Å². The standard InChI is InChI=1S/C29H45N3O10S/c1-7-18(33)12-40-13-22(34)30-20(26(36)39-6)14-43-15-23(35)32-27(37)31-19-10-11-29(16-41-29)25(24(19)38-5)28(4)21(42-28)9-8-17(2)3/h8,19-21,24-25H,7,9-16H2,1-6H3,(H,30,34)(H2,31,32,35,37)/t19-,20?,21-,24-,25-,28?,29+/m1/s1. The third kappa shape index (κ3) is 9.48. The van der Waals surface area contributed by atoms with Crippen molar-refractivity contribution in [2.24, 2.45) is 5.92 Å². The first-order valence-corrected chi connectivity index (χ1v) is 15.7. The van der Waals surface area contributed by atoms with Crippen LogP contribution in [0.3, 0.4) is 0 Å². The van der Waals surface area contributed by atoms with E-state index in [1.807, 2.05) is 13.8 Å². The zero-order chi connectivity index (χ0) is 31.8. The Balaban J connectivity index is 1.47. The van der Waals surface area contributed by atoms with Gasteiger partial charge in [-0.05, 0) is 40.0 Å². The predicted octanol–water partition coefficient (Wildman–Crippen LogP) is 1.28. The molecule has 1 spiro atoms. The number of imide groups is 1. The molecule has 3 aliphatic rings. The molecule has 4 amide bonds. The number of rotatable bonds is 16. The van der Waals surface area contributed by atoms with Gasteiger partial charge in [0.25, 0.3) is 0 Å². The Morgan fingerprint density at radius 1 is 1.12 bits per heavy atom. The number of ketones is 1. The average Bonchev–Trinajstić information content (AvgIpc) is 3.88. The van der Waals surface area contributed by atoms with Gasteiger partial charge in [-0.3, -0.25) is 19.7 Å². The number of hydrogen-bond donors (Lipinski definition) is 3. The van der Waals surface area contributed by atoms with E-state index in [-0.39, 0.29) is 53.7 Å². The highest BCUT2D eigenvalue weighted by Gasteiger charge is 2.71. The summed E-state index contributed by atoms with van der Waals surface area (Å²) in [5.74, 6) is -2.24. The number of urea groups is 1. The second-order valence-electron chi connectivity index (χ2n) is 11.5. The molecule has 14 heteroatoms. The number of Topliss-reactive ketones (excluding diaryl/α,β-unsaturated/α-hetero) is 1. The minimum absolute atomic E-state index is 0.0198. The number of ether oxygens (including phenoxy) is 5. The molecule has 2 saturated heterocycles. The van der Waals surface area contributed by atoms with Crippen LogP contribution >= 0.6 is 11.8 Å². The van der Waals surface area contributed by atoms with Gasteiger partial charge in [0, 0.05) is 25.2 Å². The van der Waals surface area contributed by atoms with Crippen molar-refractivity contribution in [3.8, 4) is 0 Å². The number of allylic oxidation sites excluding steroid dienone is 1. The number of methoxy groups -OCH3 is 2. The van der Waals surface area contributed by atoms with Crippen molar-refractivity contribution in [3.63, 3.8) is 0 Å². The van der Waals surface area contributed by atoms with Crippen molar-refractivity contribution in [2.45, 2.75) is 88.9 Å². The smallest absolute Gasteiger partial charge is 0.329 e. The molecule has 1 aliphatic carbocycles. The van der Waals surface area contributed by atoms with E-state index < -0.39 is 42.1 Å². The van der Waals surface area contributed by atoms with E-state index in [0.29, 0.717) is 19.4 Å². The zero-order valence-corrected chi connectivity index (χ0v) is 26.6. The zero-order valence-electron chi connectivity index (χ0n) is 25.8. The Hall–Kier alpha value is -2.52. The molecule has 2 aliphatic heterocycles. The number of amides is 4. The van der Waals surface area contributed by atoms with Crippen LogP contribution < -0.4 is 16.0 Å². The highest BCUT2D eigenvalue weighted by atomic mass is 32.2. The molecule has 3 fully saturated rings. The Kier molecular flexibility index (Phi) is 12.6. The summed E-state index contributed by atoms with van der Waals surface area (Å²) in [7, 11) is 2.79. The lowest BCUT2D eigenvalue weighted by atomic mass is 9.67. The van der Waals surface area contributed by atoms with Crippen LogP contribution in [-0.4, -0.2) is 111 Å². The summed E-state index contributed by atoms with van der Waals surface area (Å²) in [5.41, 5.74) is 0.441. The van der Waals surface area contributed by atoms with Gasteiger partial charge in [0.15, 0.2) is 5.78 Å². The summed E-state index contributed by atoms with van der Waals surface area (Å²) < 4.78 is 27.8. The third-order valence-electron chi connectivity index (χ3n) is 8.09. The van der Waals surface area contributed by atoms with Crippen LogP contribution in [0.4, 0.5) is 4.79 Å². The number of carbonyl (C=O) groups excluding carboxylic acids is 5. The Morgan fingerprint density at radius 2 is 1.84 bits per heavy atom. The molecule has 0 aromatic rings. The minimum atomic E-state index is -1.04. The largest absolute Gasteiger partial charge is 0.467 e. The number of esters is 1. The number of hydrogen-bond acceptors (Lipinski definition) is 11. The fourth-order valence-electron chi connectivity index (χ4n) is 5.69. The summed E-state index contributed by atoms with van der Waals surface area (Å²) in [6, 6.07) is -2.05. The third-order valence-corrected chi connectivity index (χ3v) is 9.13. The van der Waals surface area contributed by atoms with Gasteiger partial charge in [0.05, 0.1) is 43.3 Å². The lowest BCUT2D eigenvalue weighted by Crippen LogP contribution is -2.60. The van der Waals surface area contributed by atoms with Gasteiger partial charge in [-0.15, -0.1) is 11.8 Å². The van der Waals surface area contributed by atoms with E-state index in [0.717, 1.165) is 24.6 Å². The van der Waals surface area contributed by atoms with Gasteiger partial charge < -0.3 is 34.3 Å².